The van der Waals surface area contributed by atoms with Crippen molar-refractivity contribution in [3.63, 3.8) is 0 Å². The summed E-state index contributed by atoms with van der Waals surface area (Å²) in [5, 5.41) is 6.00. The topological polar surface area (TPSA) is 50.4 Å². The molecular formula is C13H22N2O2. The van der Waals surface area contributed by atoms with Crippen molar-refractivity contribution in [2.75, 3.05) is 19.8 Å². The second-order valence-electron chi connectivity index (χ2n) is 4.55. The van der Waals surface area contributed by atoms with Crippen LogP contribution in [0.3, 0.4) is 0 Å². The number of hydrogen-bond donors (Lipinski definition) is 2. The molecule has 0 bridgehead atoms. The van der Waals surface area contributed by atoms with Crippen molar-refractivity contribution in [1.29, 1.82) is 0 Å². The zero-order chi connectivity index (χ0) is 12.7. The van der Waals surface area contributed by atoms with Gasteiger partial charge in [0.25, 0.3) is 0 Å². The van der Waals surface area contributed by atoms with Crippen LogP contribution in [0.25, 0.3) is 0 Å². The predicted octanol–water partition coefficient (Wildman–Crippen LogP) is 0.529. The molecule has 0 radical (unpaired) electrons. The number of rotatable bonds is 5. The van der Waals surface area contributed by atoms with Gasteiger partial charge in [0.15, 0.2) is 0 Å². The molecule has 1 fully saturated rings. The molecule has 1 aliphatic rings. The molecule has 0 spiro atoms. The molecule has 2 N–H and O–H groups in total. The second kappa shape index (κ2) is 7.31. The Morgan fingerprint density at radius 1 is 1.47 bits per heavy atom. The van der Waals surface area contributed by atoms with Gasteiger partial charge in [0.05, 0.1) is 12.6 Å². The zero-order valence-corrected chi connectivity index (χ0v) is 10.7. The first kappa shape index (κ1) is 14.0. The van der Waals surface area contributed by atoms with Crippen LogP contribution in [0.5, 0.6) is 0 Å². The molecule has 96 valence electrons. The Hall–Kier alpha value is -1.05. The molecule has 1 saturated heterocycles. The molecule has 2 unspecified atom stereocenters. The molecule has 0 aromatic carbocycles. The minimum atomic E-state index is -0.207. The Morgan fingerprint density at radius 2 is 2.12 bits per heavy atom. The predicted molar refractivity (Wildman–Crippen MR) is 67.4 cm³/mol. The molecule has 4 heteroatoms. The lowest BCUT2D eigenvalue weighted by Crippen LogP contribution is -2.48. The maximum Gasteiger partial charge on any atom is 0.237 e. The third-order valence-electron chi connectivity index (χ3n) is 3.24. The summed E-state index contributed by atoms with van der Waals surface area (Å²) in [4.78, 5) is 11.6. The van der Waals surface area contributed by atoms with Crippen molar-refractivity contribution in [2.24, 2.45) is 5.92 Å². The Morgan fingerprint density at radius 3 is 2.71 bits per heavy atom. The molecule has 0 aliphatic carbocycles. The van der Waals surface area contributed by atoms with E-state index in [0.717, 1.165) is 26.1 Å². The van der Waals surface area contributed by atoms with Crippen LogP contribution in [0.1, 0.15) is 26.7 Å². The smallest absolute Gasteiger partial charge is 0.237 e. The fraction of sp³-hybridized carbons (Fsp3) is 0.769. The van der Waals surface area contributed by atoms with Crippen molar-refractivity contribution < 1.29 is 9.53 Å². The first-order chi connectivity index (χ1) is 8.15. The lowest BCUT2D eigenvalue weighted by Gasteiger charge is -2.30. The number of hydrogen-bond acceptors (Lipinski definition) is 3. The number of amides is 1. The van der Waals surface area contributed by atoms with Gasteiger partial charge in [-0.25, -0.2) is 0 Å². The summed E-state index contributed by atoms with van der Waals surface area (Å²) in [5.41, 5.74) is 0. The van der Waals surface area contributed by atoms with Gasteiger partial charge in [0.1, 0.15) is 0 Å². The SMILES string of the molecule is C#CCNC(=O)C(C)NC(C)C1CCOCC1. The van der Waals surface area contributed by atoms with Gasteiger partial charge in [-0.1, -0.05) is 5.92 Å². The van der Waals surface area contributed by atoms with E-state index in [0.29, 0.717) is 12.0 Å². The number of ether oxygens (including phenoxy) is 1. The average Bonchev–Trinajstić information content (AvgIpc) is 2.36. The summed E-state index contributed by atoms with van der Waals surface area (Å²) in [6.45, 7) is 5.93. The molecule has 1 amide bonds. The largest absolute Gasteiger partial charge is 0.381 e. The molecule has 17 heavy (non-hydrogen) atoms. The third kappa shape index (κ3) is 4.76. The highest BCUT2D eigenvalue weighted by molar-refractivity contribution is 5.81. The van der Waals surface area contributed by atoms with Crippen LogP contribution in [0.4, 0.5) is 0 Å². The Bertz CT molecular complexity index is 280. The van der Waals surface area contributed by atoms with Crippen LogP contribution in [0.15, 0.2) is 0 Å². The highest BCUT2D eigenvalue weighted by atomic mass is 16.5. The van der Waals surface area contributed by atoms with Gasteiger partial charge in [-0.15, -0.1) is 6.42 Å². The molecule has 0 aromatic heterocycles. The van der Waals surface area contributed by atoms with E-state index in [2.05, 4.69) is 23.5 Å². The fourth-order valence-corrected chi connectivity index (χ4v) is 2.11. The van der Waals surface area contributed by atoms with Crippen LogP contribution in [0.2, 0.25) is 0 Å². The molecule has 0 saturated carbocycles. The Kier molecular flexibility index (Phi) is 6.03. The van der Waals surface area contributed by atoms with E-state index < -0.39 is 0 Å². The Labute approximate surface area is 103 Å². The standard InChI is InChI=1S/C13H22N2O2/c1-4-7-14-13(16)11(3)15-10(2)12-5-8-17-9-6-12/h1,10-12,15H,5-9H2,2-3H3,(H,14,16). The van der Waals surface area contributed by atoms with E-state index in [4.69, 9.17) is 11.2 Å². The maximum atomic E-state index is 11.6. The zero-order valence-electron chi connectivity index (χ0n) is 10.7. The van der Waals surface area contributed by atoms with E-state index in [9.17, 15) is 4.79 Å². The van der Waals surface area contributed by atoms with Crippen molar-refractivity contribution in [2.45, 2.75) is 38.8 Å². The van der Waals surface area contributed by atoms with Crippen LogP contribution in [-0.4, -0.2) is 37.7 Å². The van der Waals surface area contributed by atoms with Gasteiger partial charge >= 0.3 is 0 Å². The molecule has 4 nitrogen and oxygen atoms in total. The number of carbonyl (C=O) groups excluding carboxylic acids is 1. The van der Waals surface area contributed by atoms with Crippen LogP contribution < -0.4 is 10.6 Å². The van der Waals surface area contributed by atoms with Gasteiger partial charge < -0.3 is 15.4 Å². The highest BCUT2D eigenvalue weighted by Gasteiger charge is 2.23. The second-order valence-corrected chi connectivity index (χ2v) is 4.55. The quantitative estimate of drug-likeness (QED) is 0.687. The molecule has 1 rings (SSSR count). The minimum Gasteiger partial charge on any atom is -0.381 e. The molecule has 2 atom stereocenters. The molecule has 0 aromatic rings. The minimum absolute atomic E-state index is 0.0399. The van der Waals surface area contributed by atoms with Crippen molar-refractivity contribution >= 4 is 5.91 Å². The van der Waals surface area contributed by atoms with Crippen LogP contribution in [-0.2, 0) is 9.53 Å². The highest BCUT2D eigenvalue weighted by Crippen LogP contribution is 2.18. The maximum absolute atomic E-state index is 11.6. The summed E-state index contributed by atoms with van der Waals surface area (Å²) < 4.78 is 5.33. The Balaban J connectivity index is 2.31. The van der Waals surface area contributed by atoms with Crippen LogP contribution in [0, 0.1) is 18.3 Å². The van der Waals surface area contributed by atoms with E-state index >= 15 is 0 Å². The summed E-state index contributed by atoms with van der Waals surface area (Å²) >= 11 is 0. The van der Waals surface area contributed by atoms with E-state index in [1.807, 2.05) is 6.92 Å². The van der Waals surface area contributed by atoms with Gasteiger partial charge in [0.2, 0.25) is 5.91 Å². The summed E-state index contributed by atoms with van der Waals surface area (Å²) in [6.07, 6.45) is 7.22. The molecule has 1 heterocycles. The normalized spacial score (nSPS) is 20.3. The molecular weight excluding hydrogens is 216 g/mol. The number of carbonyl (C=O) groups is 1. The molecule has 1 aliphatic heterocycles. The van der Waals surface area contributed by atoms with Gasteiger partial charge in [-0.05, 0) is 32.6 Å². The number of terminal acetylenes is 1. The van der Waals surface area contributed by atoms with E-state index in [-0.39, 0.29) is 18.5 Å². The van der Waals surface area contributed by atoms with Crippen molar-refractivity contribution in [1.82, 2.24) is 10.6 Å². The summed E-state index contributed by atoms with van der Waals surface area (Å²) in [6, 6.07) is 0.117. The first-order valence-electron chi connectivity index (χ1n) is 6.20. The lowest BCUT2D eigenvalue weighted by atomic mass is 9.92. The summed E-state index contributed by atoms with van der Waals surface area (Å²) in [7, 11) is 0. The fourth-order valence-electron chi connectivity index (χ4n) is 2.11. The van der Waals surface area contributed by atoms with Crippen molar-refractivity contribution in [3.05, 3.63) is 0 Å². The van der Waals surface area contributed by atoms with Gasteiger partial charge in [-0.3, -0.25) is 4.79 Å². The monoisotopic (exact) mass is 238 g/mol. The van der Waals surface area contributed by atoms with E-state index in [1.54, 1.807) is 0 Å². The van der Waals surface area contributed by atoms with Crippen molar-refractivity contribution in [3.8, 4) is 12.3 Å². The van der Waals surface area contributed by atoms with E-state index in [1.165, 1.54) is 0 Å². The van der Waals surface area contributed by atoms with Crippen LogP contribution >= 0.6 is 0 Å². The summed E-state index contributed by atoms with van der Waals surface area (Å²) in [5.74, 6) is 2.94. The average molecular weight is 238 g/mol. The number of nitrogens with one attached hydrogen (secondary N) is 2. The van der Waals surface area contributed by atoms with Gasteiger partial charge in [-0.2, -0.15) is 0 Å². The third-order valence-corrected chi connectivity index (χ3v) is 3.24. The van der Waals surface area contributed by atoms with Gasteiger partial charge in [0, 0.05) is 19.3 Å². The first-order valence-corrected chi connectivity index (χ1v) is 6.20. The lowest BCUT2D eigenvalue weighted by molar-refractivity contribution is -0.122.